The molecule has 5 heterocycles. The minimum absolute atomic E-state index is 0.0973. The van der Waals surface area contributed by atoms with E-state index in [0.717, 1.165) is 48.1 Å². The fourth-order valence-electron chi connectivity index (χ4n) is 4.39. The fourth-order valence-corrected chi connectivity index (χ4v) is 4.39. The van der Waals surface area contributed by atoms with Crippen molar-refractivity contribution < 1.29 is 9.21 Å². The Bertz CT molecular complexity index is 1280. The van der Waals surface area contributed by atoms with Crippen molar-refractivity contribution >= 4 is 16.7 Å². The van der Waals surface area contributed by atoms with E-state index < -0.39 is 0 Å². The van der Waals surface area contributed by atoms with Gasteiger partial charge < -0.3 is 9.32 Å². The van der Waals surface area contributed by atoms with E-state index in [-0.39, 0.29) is 18.1 Å². The SMILES string of the molecule is CC(C)N1CCC(c2nc(C(=O)Cc3cc4nc(-c5cnn(C)c5)ccc4cn3)co2)CC1. The molecule has 1 fully saturated rings. The number of ketones is 1. The van der Waals surface area contributed by atoms with Crippen LogP contribution in [-0.2, 0) is 13.5 Å². The topological polar surface area (TPSA) is 89.9 Å². The maximum atomic E-state index is 12.9. The summed E-state index contributed by atoms with van der Waals surface area (Å²) in [7, 11) is 1.88. The van der Waals surface area contributed by atoms with Gasteiger partial charge in [-0.25, -0.2) is 9.97 Å². The van der Waals surface area contributed by atoms with Crippen LogP contribution in [0.1, 0.15) is 54.7 Å². The number of rotatable bonds is 6. The Morgan fingerprint density at radius 2 is 2.00 bits per heavy atom. The van der Waals surface area contributed by atoms with Crippen LogP contribution in [0.3, 0.4) is 0 Å². The molecule has 0 bridgehead atoms. The molecule has 0 amide bonds. The molecular formula is C25H28N6O2. The second-order valence-electron chi connectivity index (χ2n) is 9.04. The number of carbonyl (C=O) groups excluding carboxylic acids is 1. The van der Waals surface area contributed by atoms with Crippen LogP contribution in [0, 0.1) is 0 Å². The van der Waals surface area contributed by atoms with Gasteiger partial charge in [0.2, 0.25) is 0 Å². The molecule has 1 saturated heterocycles. The average Bonchev–Trinajstić information content (AvgIpc) is 3.48. The zero-order valence-electron chi connectivity index (χ0n) is 19.2. The van der Waals surface area contributed by atoms with Crippen LogP contribution >= 0.6 is 0 Å². The van der Waals surface area contributed by atoms with Crippen LogP contribution in [0.15, 0.2) is 47.5 Å². The zero-order valence-corrected chi connectivity index (χ0v) is 19.2. The first-order valence-corrected chi connectivity index (χ1v) is 11.4. The van der Waals surface area contributed by atoms with Gasteiger partial charge in [0.1, 0.15) is 12.0 Å². The number of aromatic nitrogens is 5. The molecule has 0 atom stereocenters. The number of fused-ring (bicyclic) bond motifs is 1. The van der Waals surface area contributed by atoms with Gasteiger partial charge in [-0.1, -0.05) is 0 Å². The van der Waals surface area contributed by atoms with Crippen molar-refractivity contribution in [2.24, 2.45) is 7.05 Å². The summed E-state index contributed by atoms with van der Waals surface area (Å²) in [5, 5.41) is 5.14. The highest BCUT2D eigenvalue weighted by atomic mass is 16.3. The van der Waals surface area contributed by atoms with Crippen molar-refractivity contribution in [1.82, 2.24) is 29.6 Å². The molecule has 8 nitrogen and oxygen atoms in total. The molecule has 8 heteroatoms. The van der Waals surface area contributed by atoms with E-state index in [4.69, 9.17) is 9.40 Å². The van der Waals surface area contributed by atoms with Crippen molar-refractivity contribution in [2.75, 3.05) is 13.1 Å². The molecule has 0 N–H and O–H groups in total. The highest BCUT2D eigenvalue weighted by Gasteiger charge is 2.26. The molecule has 0 aliphatic carbocycles. The van der Waals surface area contributed by atoms with Gasteiger partial charge in [0, 0.05) is 42.4 Å². The lowest BCUT2D eigenvalue weighted by Crippen LogP contribution is -2.37. The van der Waals surface area contributed by atoms with Crippen molar-refractivity contribution in [3.05, 3.63) is 60.3 Å². The van der Waals surface area contributed by atoms with Crippen molar-refractivity contribution in [2.45, 2.75) is 45.1 Å². The lowest BCUT2D eigenvalue weighted by atomic mass is 9.96. The standard InChI is InChI=1S/C25H28N6O2/c1-16(2)31-8-6-17(7-9-31)25-29-23(15-33-25)24(32)11-20-10-22-18(12-26-20)4-5-21(28-22)19-13-27-30(3)14-19/h4-5,10,12-17H,6-9,11H2,1-3H3. The lowest BCUT2D eigenvalue weighted by molar-refractivity contribution is 0.0987. The van der Waals surface area contributed by atoms with Crippen LogP contribution in [0.5, 0.6) is 0 Å². The largest absolute Gasteiger partial charge is 0.448 e. The quantitative estimate of drug-likeness (QED) is 0.415. The number of oxazole rings is 1. The Morgan fingerprint density at radius 3 is 2.73 bits per heavy atom. The highest BCUT2D eigenvalue weighted by Crippen LogP contribution is 2.28. The molecule has 0 aromatic carbocycles. The van der Waals surface area contributed by atoms with Gasteiger partial charge in [-0.15, -0.1) is 0 Å². The Balaban J connectivity index is 1.29. The van der Waals surface area contributed by atoms with Gasteiger partial charge >= 0.3 is 0 Å². The zero-order chi connectivity index (χ0) is 22.9. The van der Waals surface area contributed by atoms with Crippen LogP contribution in [0.2, 0.25) is 0 Å². The number of carbonyl (C=O) groups is 1. The normalized spacial score (nSPS) is 15.5. The van der Waals surface area contributed by atoms with Crippen LogP contribution in [-0.4, -0.2) is 54.5 Å². The molecule has 4 aromatic heterocycles. The van der Waals surface area contributed by atoms with Gasteiger partial charge in [0.15, 0.2) is 11.7 Å². The Kier molecular flexibility index (Phi) is 5.76. The van der Waals surface area contributed by atoms with E-state index in [1.54, 1.807) is 17.1 Å². The predicted octanol–water partition coefficient (Wildman–Crippen LogP) is 4.03. The summed E-state index contributed by atoms with van der Waals surface area (Å²) in [5.41, 5.74) is 3.62. The number of nitrogens with zero attached hydrogens (tertiary/aromatic N) is 6. The van der Waals surface area contributed by atoms with Crippen molar-refractivity contribution in [1.29, 1.82) is 0 Å². The first-order valence-electron chi connectivity index (χ1n) is 11.4. The molecule has 170 valence electrons. The second-order valence-corrected chi connectivity index (χ2v) is 9.04. The molecule has 1 aliphatic rings. The second kappa shape index (κ2) is 8.86. The van der Waals surface area contributed by atoms with E-state index in [1.165, 1.54) is 6.26 Å². The first kappa shape index (κ1) is 21.5. The number of likely N-dealkylation sites (tertiary alicyclic amines) is 1. The summed E-state index contributed by atoms with van der Waals surface area (Å²) < 4.78 is 7.45. The fraction of sp³-hybridized carbons (Fsp3) is 0.400. The Hall–Kier alpha value is -3.39. The van der Waals surface area contributed by atoms with Gasteiger partial charge in [-0.2, -0.15) is 5.10 Å². The van der Waals surface area contributed by atoms with Gasteiger partial charge in [0.05, 0.1) is 29.5 Å². The molecule has 1 aliphatic heterocycles. The third-order valence-electron chi connectivity index (χ3n) is 6.39. The Labute approximate surface area is 192 Å². The monoisotopic (exact) mass is 444 g/mol. The molecule has 0 saturated carbocycles. The predicted molar refractivity (Wildman–Crippen MR) is 125 cm³/mol. The molecular weight excluding hydrogens is 416 g/mol. The van der Waals surface area contributed by atoms with Crippen molar-refractivity contribution in [3.8, 4) is 11.3 Å². The third-order valence-corrected chi connectivity index (χ3v) is 6.39. The van der Waals surface area contributed by atoms with Crippen LogP contribution in [0.4, 0.5) is 0 Å². The van der Waals surface area contributed by atoms with E-state index in [0.29, 0.717) is 23.3 Å². The average molecular weight is 445 g/mol. The van der Waals surface area contributed by atoms with Gasteiger partial charge in [-0.05, 0) is 58.0 Å². The summed E-state index contributed by atoms with van der Waals surface area (Å²) in [6, 6.07) is 6.36. The number of pyridine rings is 2. The van der Waals surface area contributed by atoms with Gasteiger partial charge in [0.25, 0.3) is 0 Å². The molecule has 0 spiro atoms. The van der Waals surface area contributed by atoms with E-state index in [2.05, 4.69) is 33.8 Å². The van der Waals surface area contributed by atoms with E-state index >= 15 is 0 Å². The number of aryl methyl sites for hydroxylation is 1. The molecule has 33 heavy (non-hydrogen) atoms. The van der Waals surface area contributed by atoms with Crippen LogP contribution in [0.25, 0.3) is 22.2 Å². The first-order chi connectivity index (χ1) is 16.0. The summed E-state index contributed by atoms with van der Waals surface area (Å²) in [5.74, 6) is 0.853. The maximum absolute atomic E-state index is 12.9. The summed E-state index contributed by atoms with van der Waals surface area (Å²) >= 11 is 0. The molecule has 0 radical (unpaired) electrons. The molecule has 0 unspecified atom stereocenters. The number of piperidine rings is 1. The molecule has 5 rings (SSSR count). The van der Waals surface area contributed by atoms with Crippen molar-refractivity contribution in [3.63, 3.8) is 0 Å². The summed E-state index contributed by atoms with van der Waals surface area (Å²) in [4.78, 5) is 29.1. The number of Topliss-reactive ketones (excluding diaryl/α,β-unsaturated/α-hetero) is 1. The smallest absolute Gasteiger partial charge is 0.197 e. The van der Waals surface area contributed by atoms with Crippen LogP contribution < -0.4 is 0 Å². The minimum atomic E-state index is -0.0973. The van der Waals surface area contributed by atoms with E-state index in [1.807, 2.05) is 31.4 Å². The highest BCUT2D eigenvalue weighted by molar-refractivity contribution is 5.95. The third kappa shape index (κ3) is 4.57. The lowest BCUT2D eigenvalue weighted by Gasteiger charge is -2.33. The Morgan fingerprint density at radius 1 is 1.18 bits per heavy atom. The van der Waals surface area contributed by atoms with E-state index in [9.17, 15) is 4.79 Å². The number of hydrogen-bond donors (Lipinski definition) is 0. The summed E-state index contributed by atoms with van der Waals surface area (Å²) in [6.45, 7) is 6.50. The van der Waals surface area contributed by atoms with Gasteiger partial charge in [-0.3, -0.25) is 14.5 Å². The summed E-state index contributed by atoms with van der Waals surface area (Å²) in [6.07, 6.45) is 9.13. The minimum Gasteiger partial charge on any atom is -0.448 e. The maximum Gasteiger partial charge on any atom is 0.197 e. The number of hydrogen-bond acceptors (Lipinski definition) is 7. The molecule has 4 aromatic rings.